The molecule has 0 aliphatic carbocycles. The fraction of sp³-hybridized carbons (Fsp3) is 0.417. The van der Waals surface area contributed by atoms with Gasteiger partial charge in [-0.3, -0.25) is 4.79 Å². The molecule has 0 bridgehead atoms. The number of nitrogens with one attached hydrogen (secondary N) is 1. The van der Waals surface area contributed by atoms with Gasteiger partial charge in [0.2, 0.25) is 10.0 Å². The second kappa shape index (κ2) is 6.64. The molecule has 0 fully saturated rings. The number of hydrogen-bond donors (Lipinski definition) is 2. The lowest BCUT2D eigenvalue weighted by Crippen LogP contribution is -2.41. The van der Waals surface area contributed by atoms with E-state index < -0.39 is 32.7 Å². The van der Waals surface area contributed by atoms with E-state index in [1.54, 1.807) is 13.8 Å². The number of carboxylic acid groups (broad SMARTS) is 1. The zero-order valence-corrected chi connectivity index (χ0v) is 13.3. The third-order valence-corrected chi connectivity index (χ3v) is 4.61. The number of benzene rings is 1. The van der Waals surface area contributed by atoms with Crippen molar-refractivity contribution in [2.45, 2.75) is 31.2 Å². The van der Waals surface area contributed by atoms with Gasteiger partial charge < -0.3 is 5.11 Å². The van der Waals surface area contributed by atoms with Crippen LogP contribution in [0.25, 0.3) is 0 Å². The predicted molar refractivity (Wildman–Crippen MR) is 75.3 cm³/mol. The van der Waals surface area contributed by atoms with Crippen molar-refractivity contribution in [1.29, 1.82) is 0 Å². The molecule has 0 saturated carbocycles. The lowest BCUT2D eigenvalue weighted by molar-refractivity contribution is -0.139. The molecule has 1 aromatic carbocycles. The summed E-state index contributed by atoms with van der Waals surface area (Å²) in [4.78, 5) is 10.5. The van der Waals surface area contributed by atoms with Crippen LogP contribution < -0.4 is 4.72 Å². The first-order chi connectivity index (χ1) is 9.15. The Morgan fingerprint density at radius 2 is 2.05 bits per heavy atom. The van der Waals surface area contributed by atoms with Crippen LogP contribution in [-0.2, 0) is 14.8 Å². The highest BCUT2D eigenvalue weighted by Crippen LogP contribution is 2.22. The first-order valence-electron chi connectivity index (χ1n) is 5.84. The van der Waals surface area contributed by atoms with E-state index in [9.17, 15) is 17.6 Å². The quantitative estimate of drug-likeness (QED) is 0.808. The van der Waals surface area contributed by atoms with Crippen molar-refractivity contribution in [3.63, 3.8) is 0 Å². The SMILES string of the molecule is CC(C)C[C@H](NS(=O)(=O)c1cccc(Br)c1F)C(=O)O. The third kappa shape index (κ3) is 4.26. The van der Waals surface area contributed by atoms with Crippen molar-refractivity contribution >= 4 is 31.9 Å². The maximum absolute atomic E-state index is 13.8. The standard InChI is InChI=1S/C12H15BrFNO4S/c1-7(2)6-9(12(16)17)15-20(18,19)10-5-3-4-8(13)11(10)14/h3-5,7,9,15H,6H2,1-2H3,(H,16,17)/t9-/m0/s1. The molecule has 0 amide bonds. The van der Waals surface area contributed by atoms with Crippen LogP contribution in [-0.4, -0.2) is 25.5 Å². The summed E-state index contributed by atoms with van der Waals surface area (Å²) >= 11 is 2.89. The number of aliphatic carboxylic acids is 1. The topological polar surface area (TPSA) is 83.5 Å². The van der Waals surface area contributed by atoms with E-state index in [0.29, 0.717) is 0 Å². The highest BCUT2D eigenvalue weighted by Gasteiger charge is 2.28. The van der Waals surface area contributed by atoms with Gasteiger partial charge in [0.1, 0.15) is 10.9 Å². The molecule has 8 heteroatoms. The van der Waals surface area contributed by atoms with E-state index in [1.165, 1.54) is 12.1 Å². The normalized spacial score (nSPS) is 13.4. The van der Waals surface area contributed by atoms with Crippen LogP contribution in [0.1, 0.15) is 20.3 Å². The molecule has 0 aliphatic rings. The summed E-state index contributed by atoms with van der Waals surface area (Å²) in [6.45, 7) is 3.54. The molecule has 2 N–H and O–H groups in total. The molecule has 112 valence electrons. The molecule has 1 atom stereocenters. The summed E-state index contributed by atoms with van der Waals surface area (Å²) in [7, 11) is -4.24. The van der Waals surface area contributed by atoms with Crippen molar-refractivity contribution < 1.29 is 22.7 Å². The van der Waals surface area contributed by atoms with Crippen LogP contribution in [0.2, 0.25) is 0 Å². The highest BCUT2D eigenvalue weighted by atomic mass is 79.9. The van der Waals surface area contributed by atoms with Gasteiger partial charge >= 0.3 is 5.97 Å². The van der Waals surface area contributed by atoms with Crippen molar-refractivity contribution in [2.24, 2.45) is 5.92 Å². The summed E-state index contributed by atoms with van der Waals surface area (Å²) in [6, 6.07) is 2.51. The van der Waals surface area contributed by atoms with E-state index in [2.05, 4.69) is 15.9 Å². The van der Waals surface area contributed by atoms with Gasteiger partial charge in [-0.15, -0.1) is 0 Å². The summed E-state index contributed by atoms with van der Waals surface area (Å²) in [5.74, 6) is -2.27. The molecule has 0 aliphatic heterocycles. The van der Waals surface area contributed by atoms with Crippen LogP contribution in [0.4, 0.5) is 4.39 Å². The average molecular weight is 368 g/mol. The van der Waals surface area contributed by atoms with Gasteiger partial charge in [0.15, 0.2) is 5.82 Å². The number of halogens is 2. The van der Waals surface area contributed by atoms with Gasteiger partial charge in [-0.25, -0.2) is 12.8 Å². The van der Waals surface area contributed by atoms with E-state index in [1.807, 2.05) is 4.72 Å². The fourth-order valence-corrected chi connectivity index (χ4v) is 3.41. The zero-order chi connectivity index (χ0) is 15.5. The molecule has 0 heterocycles. The first kappa shape index (κ1) is 17.1. The smallest absolute Gasteiger partial charge is 0.321 e. The minimum absolute atomic E-state index is 0.00360. The molecule has 5 nitrogen and oxygen atoms in total. The Kier molecular flexibility index (Phi) is 5.67. The average Bonchev–Trinajstić information content (AvgIpc) is 2.30. The molecule has 1 rings (SSSR count). The van der Waals surface area contributed by atoms with Crippen LogP contribution in [0.5, 0.6) is 0 Å². The summed E-state index contributed by atoms with van der Waals surface area (Å²) < 4.78 is 39.9. The molecule has 0 spiro atoms. The Hall–Kier alpha value is -0.990. The predicted octanol–water partition coefficient (Wildman–Crippen LogP) is 2.37. The maximum atomic E-state index is 13.8. The molecule has 0 aromatic heterocycles. The lowest BCUT2D eigenvalue weighted by Gasteiger charge is -2.17. The largest absolute Gasteiger partial charge is 0.480 e. The Bertz CT molecular complexity index is 603. The van der Waals surface area contributed by atoms with Crippen LogP contribution in [0, 0.1) is 11.7 Å². The van der Waals surface area contributed by atoms with Crippen molar-refractivity contribution in [2.75, 3.05) is 0 Å². The minimum Gasteiger partial charge on any atom is -0.480 e. The number of carboxylic acids is 1. The number of carbonyl (C=O) groups is 1. The van der Waals surface area contributed by atoms with Crippen molar-refractivity contribution in [1.82, 2.24) is 4.72 Å². The molecule has 0 saturated heterocycles. The molecule has 20 heavy (non-hydrogen) atoms. The fourth-order valence-electron chi connectivity index (χ4n) is 1.61. The van der Waals surface area contributed by atoms with E-state index in [0.717, 1.165) is 6.07 Å². The van der Waals surface area contributed by atoms with Gasteiger partial charge in [0, 0.05) is 0 Å². The van der Waals surface area contributed by atoms with E-state index in [4.69, 9.17) is 5.11 Å². The number of sulfonamides is 1. The monoisotopic (exact) mass is 367 g/mol. The van der Waals surface area contributed by atoms with Gasteiger partial charge in [-0.1, -0.05) is 19.9 Å². The zero-order valence-electron chi connectivity index (χ0n) is 10.9. The second-order valence-corrected chi connectivity index (χ2v) is 7.23. The Balaban J connectivity index is 3.10. The van der Waals surface area contributed by atoms with Gasteiger partial charge in [-0.2, -0.15) is 4.72 Å². The minimum atomic E-state index is -4.24. The van der Waals surface area contributed by atoms with E-state index in [-0.39, 0.29) is 16.8 Å². The number of hydrogen-bond acceptors (Lipinski definition) is 3. The molecule has 1 aromatic rings. The Morgan fingerprint density at radius 1 is 1.45 bits per heavy atom. The molecule has 0 unspecified atom stereocenters. The van der Waals surface area contributed by atoms with E-state index >= 15 is 0 Å². The lowest BCUT2D eigenvalue weighted by atomic mass is 10.1. The summed E-state index contributed by atoms with van der Waals surface area (Å²) in [5, 5.41) is 9.03. The highest BCUT2D eigenvalue weighted by molar-refractivity contribution is 9.10. The Morgan fingerprint density at radius 3 is 2.55 bits per heavy atom. The molecule has 0 radical (unpaired) electrons. The van der Waals surface area contributed by atoms with Gasteiger partial charge in [0.25, 0.3) is 0 Å². The molecular formula is C12H15BrFNO4S. The van der Waals surface area contributed by atoms with Gasteiger partial charge in [0.05, 0.1) is 4.47 Å². The summed E-state index contributed by atoms with van der Waals surface area (Å²) in [5.41, 5.74) is 0. The van der Waals surface area contributed by atoms with Crippen LogP contribution in [0.15, 0.2) is 27.6 Å². The van der Waals surface area contributed by atoms with Crippen molar-refractivity contribution in [3.05, 3.63) is 28.5 Å². The van der Waals surface area contributed by atoms with Crippen molar-refractivity contribution in [3.8, 4) is 0 Å². The van der Waals surface area contributed by atoms with Crippen LogP contribution >= 0.6 is 15.9 Å². The molecular weight excluding hydrogens is 353 g/mol. The summed E-state index contributed by atoms with van der Waals surface area (Å²) in [6.07, 6.45) is 0.115. The first-order valence-corrected chi connectivity index (χ1v) is 8.12. The Labute approximate surface area is 125 Å². The third-order valence-electron chi connectivity index (χ3n) is 2.51. The second-order valence-electron chi connectivity index (χ2n) is 4.69. The number of rotatable bonds is 6. The maximum Gasteiger partial charge on any atom is 0.321 e. The van der Waals surface area contributed by atoms with Gasteiger partial charge in [-0.05, 0) is 40.4 Å². The van der Waals surface area contributed by atoms with Crippen LogP contribution in [0.3, 0.4) is 0 Å².